The molecule has 1 N–H and O–H groups in total. The highest BCUT2D eigenvalue weighted by molar-refractivity contribution is 14.1. The summed E-state index contributed by atoms with van der Waals surface area (Å²) >= 11 is 2.22. The largest absolute Gasteiger partial charge is 0.494 e. The number of aromatic nitrogens is 2. The van der Waals surface area contributed by atoms with Crippen LogP contribution in [0.5, 0.6) is 5.75 Å². The van der Waals surface area contributed by atoms with Crippen molar-refractivity contribution >= 4 is 56.8 Å². The van der Waals surface area contributed by atoms with Gasteiger partial charge in [0.1, 0.15) is 36.0 Å². The number of rotatable bonds is 8. The summed E-state index contributed by atoms with van der Waals surface area (Å²) in [5, 5.41) is 3.73. The molecule has 2 aliphatic heterocycles. The van der Waals surface area contributed by atoms with Crippen molar-refractivity contribution in [3.05, 3.63) is 48.0 Å². The third kappa shape index (κ3) is 5.15. The van der Waals surface area contributed by atoms with Crippen LogP contribution in [0.2, 0.25) is 0 Å². The number of benzene rings is 2. The summed E-state index contributed by atoms with van der Waals surface area (Å²) in [5.74, 6) is 0.571. The Morgan fingerprint density at radius 3 is 2.78 bits per heavy atom. The number of alkyl halides is 2. The Bertz CT molecular complexity index is 1300. The van der Waals surface area contributed by atoms with E-state index in [0.717, 1.165) is 4.43 Å². The topological polar surface area (TPSA) is 79.8 Å². The number of hydrogen-bond acceptors (Lipinski definition) is 7. The normalized spacial score (nSPS) is 17.4. The van der Waals surface area contributed by atoms with Crippen LogP contribution in [0.25, 0.3) is 10.9 Å². The van der Waals surface area contributed by atoms with Gasteiger partial charge in [-0.15, -0.1) is 0 Å². The number of likely N-dealkylation sites (tertiary alicyclic amines) is 1. The Labute approximate surface area is 227 Å². The molecule has 0 radical (unpaired) electrons. The maximum absolute atomic E-state index is 15.1. The molecular formula is C26H28F2IN5O3. The first-order valence-electron chi connectivity index (χ1n) is 12.2. The molecule has 2 fully saturated rings. The van der Waals surface area contributed by atoms with Crippen molar-refractivity contribution in [1.82, 2.24) is 14.9 Å². The number of hydrogen-bond donors (Lipinski definition) is 1. The number of halogens is 3. The van der Waals surface area contributed by atoms with Crippen LogP contribution in [0.3, 0.4) is 0 Å². The van der Waals surface area contributed by atoms with Crippen molar-refractivity contribution in [3.8, 4) is 5.75 Å². The van der Waals surface area contributed by atoms with E-state index in [-0.39, 0.29) is 5.82 Å². The number of carbonyl (C=O) groups is 1. The van der Waals surface area contributed by atoms with E-state index in [4.69, 9.17) is 9.47 Å². The van der Waals surface area contributed by atoms with Gasteiger partial charge in [-0.2, -0.15) is 0 Å². The summed E-state index contributed by atoms with van der Waals surface area (Å²) in [4.78, 5) is 25.4. The fraction of sp³-hybridized carbons (Fsp3) is 0.423. The molecule has 2 aromatic carbocycles. The molecule has 8 nitrogen and oxygen atoms in total. The van der Waals surface area contributed by atoms with Gasteiger partial charge < -0.3 is 19.7 Å². The SMILES string of the molecule is COc1cc2ncnc(Nc3cccc(CCI)c3F)c2cc1N1CC2(CCN(CCF)CC2)OC1=O. The lowest BCUT2D eigenvalue weighted by Crippen LogP contribution is -2.47. The van der Waals surface area contributed by atoms with E-state index in [2.05, 4.69) is 37.9 Å². The Morgan fingerprint density at radius 2 is 2.05 bits per heavy atom. The molecule has 11 heteroatoms. The van der Waals surface area contributed by atoms with Crippen molar-refractivity contribution in [2.24, 2.45) is 0 Å². The molecule has 0 saturated carbocycles. The Morgan fingerprint density at radius 1 is 1.24 bits per heavy atom. The average molecular weight is 623 g/mol. The summed E-state index contributed by atoms with van der Waals surface area (Å²) in [7, 11) is 1.53. The molecule has 0 atom stereocenters. The maximum Gasteiger partial charge on any atom is 0.415 e. The maximum atomic E-state index is 15.1. The van der Waals surface area contributed by atoms with Crippen molar-refractivity contribution in [2.45, 2.75) is 24.9 Å². The van der Waals surface area contributed by atoms with E-state index in [0.29, 0.717) is 84.9 Å². The quantitative estimate of drug-likeness (QED) is 0.271. The molecule has 0 bridgehead atoms. The highest BCUT2D eigenvalue weighted by Gasteiger charge is 2.48. The highest BCUT2D eigenvalue weighted by atomic mass is 127. The monoisotopic (exact) mass is 623 g/mol. The zero-order chi connectivity index (χ0) is 26.0. The van der Waals surface area contributed by atoms with E-state index in [1.54, 1.807) is 29.2 Å². The van der Waals surface area contributed by atoms with E-state index in [1.165, 1.54) is 13.4 Å². The molecule has 1 amide bonds. The van der Waals surface area contributed by atoms with Crippen molar-refractivity contribution < 1.29 is 23.0 Å². The number of anilines is 3. The zero-order valence-corrected chi connectivity index (χ0v) is 22.6. The smallest absolute Gasteiger partial charge is 0.415 e. The average Bonchev–Trinajstić information content (AvgIpc) is 3.22. The molecule has 37 heavy (non-hydrogen) atoms. The lowest BCUT2D eigenvalue weighted by atomic mass is 9.91. The predicted molar refractivity (Wildman–Crippen MR) is 147 cm³/mol. The van der Waals surface area contributed by atoms with Crippen LogP contribution >= 0.6 is 22.6 Å². The minimum atomic E-state index is -0.625. The molecule has 2 saturated heterocycles. The lowest BCUT2D eigenvalue weighted by molar-refractivity contribution is -0.0000913. The molecule has 1 aromatic heterocycles. The van der Waals surface area contributed by atoms with Gasteiger partial charge in [-0.25, -0.2) is 23.5 Å². The number of ether oxygens (including phenoxy) is 2. The molecule has 5 rings (SSSR count). The minimum absolute atomic E-state index is 0.316. The van der Waals surface area contributed by atoms with Crippen LogP contribution in [-0.4, -0.2) is 71.0 Å². The van der Waals surface area contributed by atoms with E-state index in [9.17, 15) is 9.18 Å². The second-order valence-electron chi connectivity index (χ2n) is 9.27. The number of nitrogens with zero attached hydrogens (tertiary/aromatic N) is 4. The third-order valence-electron chi connectivity index (χ3n) is 7.06. The van der Waals surface area contributed by atoms with E-state index in [1.807, 2.05) is 11.0 Å². The number of fused-ring (bicyclic) bond motifs is 1. The first-order valence-corrected chi connectivity index (χ1v) is 13.7. The number of amides is 1. The van der Waals surface area contributed by atoms with Gasteiger partial charge in [0.2, 0.25) is 0 Å². The zero-order valence-electron chi connectivity index (χ0n) is 20.5. The van der Waals surface area contributed by atoms with Crippen LogP contribution in [0.15, 0.2) is 36.7 Å². The second-order valence-corrected chi connectivity index (χ2v) is 10.4. The van der Waals surface area contributed by atoms with Gasteiger partial charge in [-0.1, -0.05) is 34.7 Å². The molecule has 2 aliphatic rings. The number of piperidine rings is 1. The fourth-order valence-corrected chi connectivity index (χ4v) is 5.60. The fourth-order valence-electron chi connectivity index (χ4n) is 5.02. The van der Waals surface area contributed by atoms with Gasteiger partial charge in [0.25, 0.3) is 0 Å². The van der Waals surface area contributed by atoms with Crippen molar-refractivity contribution in [3.63, 3.8) is 0 Å². The molecular weight excluding hydrogens is 595 g/mol. The van der Waals surface area contributed by atoms with Crippen LogP contribution in [-0.2, 0) is 11.2 Å². The molecule has 3 heterocycles. The number of carbonyl (C=O) groups excluding carboxylic acids is 1. The Hall–Kier alpha value is -2.80. The summed E-state index contributed by atoms with van der Waals surface area (Å²) in [6.07, 6.45) is 2.83. The number of methoxy groups -OCH3 is 1. The summed E-state index contributed by atoms with van der Waals surface area (Å²) in [6, 6.07) is 8.77. The van der Waals surface area contributed by atoms with Gasteiger partial charge in [0.05, 0.1) is 30.5 Å². The standard InChI is InChI=1S/C26H28F2IN5O3/c1-36-22-14-20-18(24(31-16-30-20)32-19-4-2-3-17(5-9-29)23(19)28)13-21(22)34-15-26(37-25(34)35)6-10-33(11-7-26)12-8-27/h2-4,13-14,16H,5-12,15H2,1H3,(H,30,31,32). The van der Waals surface area contributed by atoms with E-state index < -0.39 is 18.4 Å². The van der Waals surface area contributed by atoms with Gasteiger partial charge in [0, 0.05) is 48.4 Å². The molecule has 1 spiro atoms. The van der Waals surface area contributed by atoms with Crippen LogP contribution in [0.4, 0.5) is 30.8 Å². The lowest BCUT2D eigenvalue weighted by Gasteiger charge is -2.37. The Balaban J connectivity index is 1.48. The summed E-state index contributed by atoms with van der Waals surface area (Å²) in [6.45, 7) is 1.70. The first kappa shape index (κ1) is 25.8. The molecule has 0 unspecified atom stereocenters. The summed E-state index contributed by atoms with van der Waals surface area (Å²) in [5.41, 5.74) is 1.44. The Kier molecular flexibility index (Phi) is 7.61. The van der Waals surface area contributed by atoms with Gasteiger partial charge in [0.15, 0.2) is 0 Å². The molecule has 0 aliphatic carbocycles. The van der Waals surface area contributed by atoms with E-state index >= 15 is 4.39 Å². The van der Waals surface area contributed by atoms with Crippen LogP contribution in [0, 0.1) is 5.82 Å². The number of aryl methyl sites for hydroxylation is 1. The first-order chi connectivity index (χ1) is 18.0. The number of nitrogens with one attached hydrogen (secondary N) is 1. The highest BCUT2D eigenvalue weighted by Crippen LogP contribution is 2.41. The predicted octanol–water partition coefficient (Wildman–Crippen LogP) is 5.26. The van der Waals surface area contributed by atoms with Crippen molar-refractivity contribution in [1.29, 1.82) is 0 Å². The molecule has 196 valence electrons. The van der Waals surface area contributed by atoms with Crippen molar-refractivity contribution in [2.75, 3.05) is 54.6 Å². The molecule has 3 aromatic rings. The minimum Gasteiger partial charge on any atom is -0.494 e. The van der Waals surface area contributed by atoms with Gasteiger partial charge in [-0.3, -0.25) is 4.90 Å². The third-order valence-corrected chi connectivity index (χ3v) is 7.60. The summed E-state index contributed by atoms with van der Waals surface area (Å²) < 4.78 is 40.2. The van der Waals surface area contributed by atoms with Crippen LogP contribution in [0.1, 0.15) is 18.4 Å². The van der Waals surface area contributed by atoms with Gasteiger partial charge in [-0.05, 0) is 24.1 Å². The van der Waals surface area contributed by atoms with Crippen LogP contribution < -0.4 is 15.0 Å². The second kappa shape index (κ2) is 10.9. The van der Waals surface area contributed by atoms with Gasteiger partial charge >= 0.3 is 6.09 Å².